The van der Waals surface area contributed by atoms with Gasteiger partial charge < -0.3 is 0 Å². The molecule has 0 aliphatic carbocycles. The van der Waals surface area contributed by atoms with Crippen molar-refractivity contribution in [2.45, 2.75) is 13.1 Å². The number of hydrogen-bond donors (Lipinski definition) is 0. The fraction of sp³-hybridized carbons (Fsp3) is 0.143. The average molecular weight is 235 g/mol. The minimum absolute atomic E-state index is 0.552. The van der Waals surface area contributed by atoms with Crippen LogP contribution in [0.5, 0.6) is 0 Å². The van der Waals surface area contributed by atoms with Crippen molar-refractivity contribution < 1.29 is 13.2 Å². The fourth-order valence-electron chi connectivity index (χ4n) is 1.56. The summed E-state index contributed by atoms with van der Waals surface area (Å²) in [5.74, 6) is 0. The second kappa shape index (κ2) is 4.24. The smallest absolute Gasteiger partial charge is 0.166 e. The molecular formula is C14H10F3. The van der Waals surface area contributed by atoms with Crippen molar-refractivity contribution in [1.29, 1.82) is 0 Å². The summed E-state index contributed by atoms with van der Waals surface area (Å²) in [5, 5.41) is 0. The Hall–Kier alpha value is -1.77. The van der Waals surface area contributed by atoms with Crippen LogP contribution in [0.1, 0.15) is 11.1 Å². The highest BCUT2D eigenvalue weighted by Crippen LogP contribution is 2.32. The Morgan fingerprint density at radius 2 is 1.76 bits per heavy atom. The summed E-state index contributed by atoms with van der Waals surface area (Å²) in [6.45, 7) is 1.88. The monoisotopic (exact) mass is 235 g/mol. The molecule has 87 valence electrons. The van der Waals surface area contributed by atoms with Crippen molar-refractivity contribution in [2.75, 3.05) is 0 Å². The molecule has 2 aromatic rings. The number of rotatable bonds is 1. The molecule has 0 aromatic heterocycles. The van der Waals surface area contributed by atoms with Crippen molar-refractivity contribution in [3.63, 3.8) is 0 Å². The van der Waals surface area contributed by atoms with Crippen LogP contribution in [0.15, 0.2) is 42.5 Å². The number of hydrogen-bond acceptors (Lipinski definition) is 0. The second-order valence-corrected chi connectivity index (χ2v) is 3.84. The summed E-state index contributed by atoms with van der Waals surface area (Å²) < 4.78 is 37.6. The van der Waals surface area contributed by atoms with E-state index in [0.29, 0.717) is 5.56 Å². The van der Waals surface area contributed by atoms with Gasteiger partial charge in [0.25, 0.3) is 0 Å². The predicted octanol–water partition coefficient (Wildman–Crippen LogP) is 4.48. The Bertz CT molecular complexity index is 510. The summed E-state index contributed by atoms with van der Waals surface area (Å²) in [5.41, 5.74) is 1.62. The van der Waals surface area contributed by atoms with Crippen molar-refractivity contribution in [3.05, 3.63) is 59.7 Å². The Balaban J connectivity index is 2.43. The molecule has 0 unspecified atom stereocenters. The van der Waals surface area contributed by atoms with Crippen molar-refractivity contribution in [1.82, 2.24) is 0 Å². The molecule has 2 rings (SSSR count). The number of alkyl halides is 3. The van der Waals surface area contributed by atoms with Gasteiger partial charge in [0.15, 0.2) is 0 Å². The lowest BCUT2D eigenvalue weighted by molar-refractivity contribution is -0.137. The van der Waals surface area contributed by atoms with E-state index in [1.807, 2.05) is 13.0 Å². The first kappa shape index (κ1) is 11.7. The maximum absolute atomic E-state index is 12.5. The van der Waals surface area contributed by atoms with Gasteiger partial charge in [-0.1, -0.05) is 24.3 Å². The zero-order valence-electron chi connectivity index (χ0n) is 9.18. The van der Waals surface area contributed by atoms with E-state index < -0.39 is 11.7 Å². The second-order valence-electron chi connectivity index (χ2n) is 3.84. The van der Waals surface area contributed by atoms with Crippen LogP contribution in [-0.2, 0) is 6.18 Å². The summed E-state index contributed by atoms with van der Waals surface area (Å²) in [7, 11) is 0. The molecule has 1 radical (unpaired) electrons. The lowest BCUT2D eigenvalue weighted by atomic mass is 10.0. The molecule has 0 N–H and O–H groups in total. The lowest BCUT2D eigenvalue weighted by Crippen LogP contribution is -2.04. The van der Waals surface area contributed by atoms with Crippen LogP contribution in [0.25, 0.3) is 11.1 Å². The molecule has 0 spiro atoms. The van der Waals surface area contributed by atoms with Gasteiger partial charge in [-0.15, -0.1) is 0 Å². The van der Waals surface area contributed by atoms with E-state index in [9.17, 15) is 13.2 Å². The van der Waals surface area contributed by atoms with Gasteiger partial charge in [0.1, 0.15) is 0 Å². The third kappa shape index (κ3) is 2.67. The molecule has 0 amide bonds. The van der Waals surface area contributed by atoms with E-state index in [1.165, 1.54) is 6.07 Å². The number of benzene rings is 2. The van der Waals surface area contributed by atoms with Crippen LogP contribution in [0.4, 0.5) is 13.2 Å². The van der Waals surface area contributed by atoms with Gasteiger partial charge in [-0.05, 0) is 47.9 Å². The van der Waals surface area contributed by atoms with Crippen LogP contribution >= 0.6 is 0 Å². The molecule has 0 heterocycles. The molecule has 0 aliphatic rings. The standard InChI is InChI=1S/C14H10F3/c1-10-5-7-11(8-6-10)12-3-2-4-13(9-12)14(15,16)17/h2-5,7-9H,1H3. The molecule has 0 saturated carbocycles. The van der Waals surface area contributed by atoms with Crippen LogP contribution in [0.3, 0.4) is 0 Å². The summed E-state index contributed by atoms with van der Waals surface area (Å²) in [6.07, 6.45) is -4.30. The van der Waals surface area contributed by atoms with Gasteiger partial charge in [-0.25, -0.2) is 0 Å². The van der Waals surface area contributed by atoms with E-state index in [0.717, 1.165) is 23.3 Å². The number of aryl methyl sites for hydroxylation is 1. The molecule has 0 nitrogen and oxygen atoms in total. The summed E-state index contributed by atoms with van der Waals surface area (Å²) in [4.78, 5) is 0. The van der Waals surface area contributed by atoms with Gasteiger partial charge >= 0.3 is 6.18 Å². The maximum Gasteiger partial charge on any atom is 0.416 e. The summed E-state index contributed by atoms with van der Waals surface area (Å²) in [6, 6.07) is 13.6. The zero-order chi connectivity index (χ0) is 12.5. The molecular weight excluding hydrogens is 225 g/mol. The third-order valence-electron chi connectivity index (χ3n) is 2.49. The van der Waals surface area contributed by atoms with E-state index in [2.05, 4.69) is 6.07 Å². The van der Waals surface area contributed by atoms with Gasteiger partial charge in [0.05, 0.1) is 5.56 Å². The normalized spacial score (nSPS) is 11.5. The predicted molar refractivity (Wildman–Crippen MR) is 60.5 cm³/mol. The van der Waals surface area contributed by atoms with Crippen LogP contribution in [-0.4, -0.2) is 0 Å². The fourth-order valence-corrected chi connectivity index (χ4v) is 1.56. The highest BCUT2D eigenvalue weighted by molar-refractivity contribution is 5.64. The quantitative estimate of drug-likeness (QED) is 0.683. The first-order chi connectivity index (χ1) is 7.97. The Morgan fingerprint density at radius 1 is 1.00 bits per heavy atom. The van der Waals surface area contributed by atoms with Gasteiger partial charge in [0, 0.05) is 0 Å². The molecule has 0 aliphatic heterocycles. The van der Waals surface area contributed by atoms with E-state index in [4.69, 9.17) is 0 Å². The average Bonchev–Trinajstić information content (AvgIpc) is 2.29. The van der Waals surface area contributed by atoms with E-state index in [1.54, 1.807) is 18.2 Å². The van der Waals surface area contributed by atoms with Crippen molar-refractivity contribution in [3.8, 4) is 11.1 Å². The van der Waals surface area contributed by atoms with Crippen LogP contribution in [0.2, 0.25) is 0 Å². The lowest BCUT2D eigenvalue weighted by Gasteiger charge is -2.08. The topological polar surface area (TPSA) is 0 Å². The van der Waals surface area contributed by atoms with Gasteiger partial charge in [0.2, 0.25) is 0 Å². The third-order valence-corrected chi connectivity index (χ3v) is 2.49. The minimum Gasteiger partial charge on any atom is -0.166 e. The Labute approximate surface area is 97.7 Å². The largest absolute Gasteiger partial charge is 0.416 e. The van der Waals surface area contributed by atoms with Crippen LogP contribution < -0.4 is 0 Å². The first-order valence-electron chi connectivity index (χ1n) is 5.13. The Morgan fingerprint density at radius 3 is 2.35 bits per heavy atom. The maximum atomic E-state index is 12.5. The molecule has 0 saturated heterocycles. The Kier molecular flexibility index (Phi) is 2.92. The molecule has 3 heteroatoms. The molecule has 0 atom stereocenters. The summed E-state index contributed by atoms with van der Waals surface area (Å²) >= 11 is 0. The van der Waals surface area contributed by atoms with Crippen LogP contribution in [0, 0.1) is 13.0 Å². The minimum atomic E-state index is -4.30. The van der Waals surface area contributed by atoms with Gasteiger partial charge in [-0.3, -0.25) is 0 Å². The highest BCUT2D eigenvalue weighted by Gasteiger charge is 2.30. The zero-order valence-corrected chi connectivity index (χ0v) is 9.18. The van der Waals surface area contributed by atoms with Gasteiger partial charge in [-0.2, -0.15) is 13.2 Å². The first-order valence-corrected chi connectivity index (χ1v) is 5.13. The van der Waals surface area contributed by atoms with E-state index in [-0.39, 0.29) is 0 Å². The van der Waals surface area contributed by atoms with E-state index >= 15 is 0 Å². The highest BCUT2D eigenvalue weighted by atomic mass is 19.4. The molecule has 0 bridgehead atoms. The molecule has 17 heavy (non-hydrogen) atoms. The SMILES string of the molecule is Cc1[c]cc(-c2cccc(C(F)(F)F)c2)cc1. The van der Waals surface area contributed by atoms with Crippen molar-refractivity contribution in [2.24, 2.45) is 0 Å². The van der Waals surface area contributed by atoms with Crippen molar-refractivity contribution >= 4 is 0 Å². The molecule has 0 fully saturated rings. The molecule has 2 aromatic carbocycles. The number of halogens is 3.